The highest BCUT2D eigenvalue weighted by molar-refractivity contribution is 6.01. The molecule has 156 valence electrons. The molecule has 2 aromatic carbocycles. The number of benzene rings is 2. The molecule has 0 aliphatic heterocycles. The molecule has 0 radical (unpaired) electrons. The second kappa shape index (κ2) is 9.45. The number of carbonyl (C=O) groups is 2. The molecular weight excluding hydrogens is 372 g/mol. The van der Waals surface area contributed by atoms with Crippen molar-refractivity contribution >= 4 is 11.8 Å². The van der Waals surface area contributed by atoms with Gasteiger partial charge in [0.25, 0.3) is 0 Å². The number of carbonyl (C=O) groups excluding carboxylic acids is 2. The quantitative estimate of drug-likeness (QED) is 0.493. The molecule has 2 aromatic rings. The van der Waals surface area contributed by atoms with Crippen LogP contribution in [0.2, 0.25) is 0 Å². The van der Waals surface area contributed by atoms with Crippen LogP contribution < -0.4 is 14.2 Å². The van der Waals surface area contributed by atoms with E-state index in [0.717, 1.165) is 16.7 Å². The summed E-state index contributed by atoms with van der Waals surface area (Å²) in [7, 11) is 4.52. The largest absolute Gasteiger partial charge is 0.493 e. The third-order valence-corrected chi connectivity index (χ3v) is 4.86. The van der Waals surface area contributed by atoms with Crippen molar-refractivity contribution in [2.45, 2.75) is 40.2 Å². The Labute approximate surface area is 171 Å². The summed E-state index contributed by atoms with van der Waals surface area (Å²) in [6.07, 6.45) is -0.911. The lowest BCUT2D eigenvalue weighted by atomic mass is 9.96. The van der Waals surface area contributed by atoms with Crippen LogP contribution in [0.5, 0.6) is 17.2 Å². The van der Waals surface area contributed by atoms with Crippen LogP contribution in [-0.2, 0) is 16.0 Å². The molecule has 29 heavy (non-hydrogen) atoms. The lowest BCUT2D eigenvalue weighted by Crippen LogP contribution is -2.26. The lowest BCUT2D eigenvalue weighted by molar-refractivity contribution is -0.145. The highest BCUT2D eigenvalue weighted by Gasteiger charge is 2.22. The Morgan fingerprint density at radius 2 is 1.38 bits per heavy atom. The molecule has 0 aliphatic rings. The molecule has 6 nitrogen and oxygen atoms in total. The average molecular weight is 400 g/mol. The van der Waals surface area contributed by atoms with E-state index in [-0.39, 0.29) is 12.2 Å². The second-order valence-corrected chi connectivity index (χ2v) is 6.96. The molecule has 0 bridgehead atoms. The molecule has 0 saturated heterocycles. The second-order valence-electron chi connectivity index (χ2n) is 6.96. The molecule has 0 heterocycles. The number of hydrogen-bond acceptors (Lipinski definition) is 6. The number of methoxy groups -OCH3 is 3. The third kappa shape index (κ3) is 5.08. The first kappa shape index (κ1) is 22.3. The third-order valence-electron chi connectivity index (χ3n) is 4.86. The fraction of sp³-hybridized carbons (Fsp3) is 0.391. The van der Waals surface area contributed by atoms with E-state index in [9.17, 15) is 9.59 Å². The fourth-order valence-electron chi connectivity index (χ4n) is 3.14. The van der Waals surface area contributed by atoms with Gasteiger partial charge in [0.05, 0.1) is 27.8 Å². The standard InChI is InChI=1S/C23H28O6/c1-13-8-15(3)18(9-14(13)2)22(25)16(4)29-21(24)12-17-10-19(26-5)23(28-7)20(11-17)27-6/h8-11,16H,12H2,1-7H3/t16-/m1/s1. The van der Waals surface area contributed by atoms with Crippen molar-refractivity contribution in [1.29, 1.82) is 0 Å². The van der Waals surface area contributed by atoms with Crippen molar-refractivity contribution in [3.63, 3.8) is 0 Å². The maximum absolute atomic E-state index is 12.8. The smallest absolute Gasteiger partial charge is 0.310 e. The zero-order chi connectivity index (χ0) is 21.7. The van der Waals surface area contributed by atoms with Crippen LogP contribution in [0.25, 0.3) is 0 Å². The number of ketones is 1. The van der Waals surface area contributed by atoms with E-state index >= 15 is 0 Å². The monoisotopic (exact) mass is 400 g/mol. The Morgan fingerprint density at radius 1 is 0.828 bits per heavy atom. The Balaban J connectivity index is 2.14. The number of hydrogen-bond donors (Lipinski definition) is 0. The molecular formula is C23H28O6. The molecule has 6 heteroatoms. The van der Waals surface area contributed by atoms with Crippen molar-refractivity contribution in [1.82, 2.24) is 0 Å². The topological polar surface area (TPSA) is 71.1 Å². The van der Waals surface area contributed by atoms with Gasteiger partial charge in [0.15, 0.2) is 17.6 Å². The number of esters is 1. The van der Waals surface area contributed by atoms with Crippen LogP contribution in [0, 0.1) is 20.8 Å². The van der Waals surface area contributed by atoms with Crippen LogP contribution in [0.3, 0.4) is 0 Å². The van der Waals surface area contributed by atoms with Gasteiger partial charge in [-0.15, -0.1) is 0 Å². The minimum absolute atomic E-state index is 0.0275. The molecule has 2 rings (SSSR count). The van der Waals surface area contributed by atoms with E-state index in [2.05, 4.69) is 0 Å². The van der Waals surface area contributed by atoms with Gasteiger partial charge in [0, 0.05) is 5.56 Å². The first-order chi connectivity index (χ1) is 13.7. The van der Waals surface area contributed by atoms with Gasteiger partial charge in [-0.2, -0.15) is 0 Å². The average Bonchev–Trinajstić information content (AvgIpc) is 2.69. The van der Waals surface area contributed by atoms with Crippen LogP contribution in [-0.4, -0.2) is 39.2 Å². The van der Waals surface area contributed by atoms with Gasteiger partial charge < -0.3 is 18.9 Å². The summed E-state index contributed by atoms with van der Waals surface area (Å²) < 4.78 is 21.3. The van der Waals surface area contributed by atoms with Crippen molar-refractivity contribution in [2.75, 3.05) is 21.3 Å². The Kier molecular flexibility index (Phi) is 7.26. The highest BCUT2D eigenvalue weighted by Crippen LogP contribution is 2.38. The lowest BCUT2D eigenvalue weighted by Gasteiger charge is -2.16. The molecule has 0 fully saturated rings. The van der Waals surface area contributed by atoms with Crippen molar-refractivity contribution in [3.05, 3.63) is 52.1 Å². The van der Waals surface area contributed by atoms with E-state index < -0.39 is 12.1 Å². The first-order valence-electron chi connectivity index (χ1n) is 9.32. The van der Waals surface area contributed by atoms with E-state index in [4.69, 9.17) is 18.9 Å². The summed E-state index contributed by atoms with van der Waals surface area (Å²) in [6.45, 7) is 7.41. The molecule has 0 amide bonds. The van der Waals surface area contributed by atoms with Crippen LogP contribution in [0.4, 0.5) is 0 Å². The zero-order valence-electron chi connectivity index (χ0n) is 18.0. The van der Waals surface area contributed by atoms with Crippen molar-refractivity contribution in [2.24, 2.45) is 0 Å². The van der Waals surface area contributed by atoms with Crippen LogP contribution >= 0.6 is 0 Å². The molecule has 1 atom stereocenters. The van der Waals surface area contributed by atoms with Gasteiger partial charge in [-0.1, -0.05) is 6.07 Å². The molecule has 0 aromatic heterocycles. The van der Waals surface area contributed by atoms with Gasteiger partial charge >= 0.3 is 5.97 Å². The highest BCUT2D eigenvalue weighted by atomic mass is 16.5. The minimum Gasteiger partial charge on any atom is -0.493 e. The van der Waals surface area contributed by atoms with Gasteiger partial charge in [-0.05, 0) is 68.1 Å². The summed E-state index contributed by atoms with van der Waals surface area (Å²) in [6, 6.07) is 7.18. The van der Waals surface area contributed by atoms with Crippen molar-refractivity contribution < 1.29 is 28.5 Å². The maximum Gasteiger partial charge on any atom is 0.310 e. The van der Waals surface area contributed by atoms with Crippen molar-refractivity contribution in [3.8, 4) is 17.2 Å². The maximum atomic E-state index is 12.8. The van der Waals surface area contributed by atoms with E-state index in [1.54, 1.807) is 19.1 Å². The molecule has 0 unspecified atom stereocenters. The van der Waals surface area contributed by atoms with Gasteiger partial charge in [-0.25, -0.2) is 0 Å². The van der Waals surface area contributed by atoms with Gasteiger partial charge in [-0.3, -0.25) is 9.59 Å². The molecule has 0 saturated carbocycles. The normalized spacial score (nSPS) is 11.6. The van der Waals surface area contributed by atoms with E-state index in [1.807, 2.05) is 32.9 Å². The molecule has 0 spiro atoms. The summed E-state index contributed by atoms with van der Waals surface area (Å²) >= 11 is 0. The van der Waals surface area contributed by atoms with Crippen LogP contribution in [0.15, 0.2) is 24.3 Å². The minimum atomic E-state index is -0.884. The zero-order valence-corrected chi connectivity index (χ0v) is 18.0. The van der Waals surface area contributed by atoms with E-state index in [0.29, 0.717) is 28.4 Å². The number of Topliss-reactive ketones (excluding diaryl/α,β-unsaturated/α-hetero) is 1. The SMILES string of the molecule is COc1cc(CC(=O)O[C@H](C)C(=O)c2cc(C)c(C)cc2C)cc(OC)c1OC. The van der Waals surface area contributed by atoms with E-state index in [1.165, 1.54) is 21.3 Å². The Bertz CT molecular complexity index is 891. The molecule has 0 aliphatic carbocycles. The Hall–Kier alpha value is -3.02. The first-order valence-corrected chi connectivity index (χ1v) is 9.32. The molecule has 0 N–H and O–H groups in total. The van der Waals surface area contributed by atoms with Gasteiger partial charge in [0.2, 0.25) is 11.5 Å². The summed E-state index contributed by atoms with van der Waals surface area (Å²) in [5.41, 5.74) is 4.21. The fourth-order valence-corrected chi connectivity index (χ4v) is 3.14. The number of aryl methyl sites for hydroxylation is 3. The summed E-state index contributed by atoms with van der Waals surface area (Å²) in [5, 5.41) is 0. The number of rotatable bonds is 8. The Morgan fingerprint density at radius 3 is 1.90 bits per heavy atom. The van der Waals surface area contributed by atoms with Gasteiger partial charge in [0.1, 0.15) is 0 Å². The summed E-state index contributed by atoms with van der Waals surface area (Å²) in [4.78, 5) is 25.2. The number of ether oxygens (including phenoxy) is 4. The predicted octanol–water partition coefficient (Wildman–Crippen LogP) is 3.99. The predicted molar refractivity (Wildman–Crippen MR) is 110 cm³/mol. The van der Waals surface area contributed by atoms with Crippen LogP contribution in [0.1, 0.15) is 39.5 Å². The summed E-state index contributed by atoms with van der Waals surface area (Å²) in [5.74, 6) is 0.611.